The molecule has 0 aliphatic carbocycles. The van der Waals surface area contributed by atoms with Gasteiger partial charge in [0, 0.05) is 19.4 Å². The molecule has 0 saturated heterocycles. The van der Waals surface area contributed by atoms with Crippen LogP contribution in [0, 0.1) is 6.92 Å². The van der Waals surface area contributed by atoms with Crippen LogP contribution in [-0.2, 0) is 12.8 Å². The number of nitrogens with zero attached hydrogens (tertiary/aromatic N) is 2. The van der Waals surface area contributed by atoms with Crippen LogP contribution in [0.3, 0.4) is 0 Å². The second-order valence-corrected chi connectivity index (χ2v) is 7.69. The van der Waals surface area contributed by atoms with Crippen LogP contribution in [0.2, 0.25) is 0 Å². The van der Waals surface area contributed by atoms with E-state index in [-0.39, 0.29) is 11.7 Å². The van der Waals surface area contributed by atoms with Crippen molar-refractivity contribution in [2.75, 3.05) is 5.32 Å². The number of carbonyl (C=O) groups is 1. The molecule has 0 aliphatic rings. The second-order valence-electron chi connectivity index (χ2n) is 6.74. The Balaban J connectivity index is 1.43. The van der Waals surface area contributed by atoms with Crippen molar-refractivity contribution < 1.29 is 13.9 Å². The molecule has 2 aromatic heterocycles. The van der Waals surface area contributed by atoms with Crippen molar-refractivity contribution in [3.8, 4) is 11.5 Å². The number of hydrogen-bond donors (Lipinski definition) is 1. The smallest absolute Gasteiger partial charge is 0.291 e. The predicted molar refractivity (Wildman–Crippen MR) is 117 cm³/mol. The number of thioether (sulfide) groups is 1. The van der Waals surface area contributed by atoms with Gasteiger partial charge in [0.2, 0.25) is 0 Å². The molecule has 0 atom stereocenters. The molecular weight excluding hydrogens is 398 g/mol. The maximum absolute atomic E-state index is 12.7. The molecule has 2 heterocycles. The van der Waals surface area contributed by atoms with Crippen molar-refractivity contribution in [3.63, 3.8) is 0 Å². The van der Waals surface area contributed by atoms with Crippen molar-refractivity contribution in [2.24, 2.45) is 7.05 Å². The minimum atomic E-state index is -0.330. The highest BCUT2D eigenvalue weighted by Crippen LogP contribution is 2.30. The number of amides is 1. The van der Waals surface area contributed by atoms with Crippen LogP contribution in [0.4, 0.5) is 5.69 Å². The summed E-state index contributed by atoms with van der Waals surface area (Å²) >= 11 is 1.55. The Hall–Kier alpha value is -3.45. The first-order chi connectivity index (χ1) is 14.6. The van der Waals surface area contributed by atoms with Crippen LogP contribution in [0.5, 0.6) is 11.5 Å². The van der Waals surface area contributed by atoms with E-state index in [9.17, 15) is 4.79 Å². The number of rotatable bonds is 7. The van der Waals surface area contributed by atoms with Gasteiger partial charge in [0.25, 0.3) is 5.91 Å². The number of ether oxygens (including phenoxy) is 1. The highest BCUT2D eigenvalue weighted by molar-refractivity contribution is 7.98. The fraction of sp³-hybridized carbons (Fsp3) is 0.130. The van der Waals surface area contributed by atoms with Gasteiger partial charge in [-0.1, -0.05) is 36.0 Å². The fourth-order valence-electron chi connectivity index (χ4n) is 2.85. The number of benzene rings is 2. The van der Waals surface area contributed by atoms with Crippen LogP contribution in [0.25, 0.3) is 0 Å². The number of aromatic nitrogens is 2. The summed E-state index contributed by atoms with van der Waals surface area (Å²) in [7, 11) is 1.94. The lowest BCUT2D eigenvalue weighted by Gasteiger charge is -2.12. The van der Waals surface area contributed by atoms with Gasteiger partial charge in [-0.05, 0) is 48.9 Å². The maximum atomic E-state index is 12.7. The number of hydrogen-bond acceptors (Lipinski definition) is 5. The summed E-state index contributed by atoms with van der Waals surface area (Å²) in [6, 6.07) is 18.5. The summed E-state index contributed by atoms with van der Waals surface area (Å²) in [4.78, 5) is 17.0. The Morgan fingerprint density at radius 3 is 2.83 bits per heavy atom. The molecule has 2 aromatic carbocycles. The lowest BCUT2D eigenvalue weighted by molar-refractivity contribution is 0.0995. The molecule has 0 bridgehead atoms. The van der Waals surface area contributed by atoms with Gasteiger partial charge < -0.3 is 19.0 Å². The van der Waals surface area contributed by atoms with Gasteiger partial charge in [0.15, 0.2) is 16.7 Å². The number of nitrogens with one attached hydrogen (secondary N) is 1. The molecule has 4 aromatic rings. The quantitative estimate of drug-likeness (QED) is 0.392. The van der Waals surface area contributed by atoms with E-state index in [1.165, 1.54) is 0 Å². The number of carbonyl (C=O) groups excluding carboxylic acids is 1. The number of furan rings is 1. The van der Waals surface area contributed by atoms with Gasteiger partial charge >= 0.3 is 0 Å². The zero-order valence-corrected chi connectivity index (χ0v) is 17.5. The standard InChI is InChI=1S/C23H21N3O3S/c1-16-6-5-7-17(14-16)28-20-9-4-3-8-19(20)25-22(27)21-11-10-18(29-21)15-30-23-24-12-13-26(23)2/h3-14H,15H2,1-2H3,(H,25,27). The van der Waals surface area contributed by atoms with E-state index in [0.717, 1.165) is 10.7 Å². The molecular formula is C23H21N3O3S. The minimum absolute atomic E-state index is 0.246. The van der Waals surface area contributed by atoms with Gasteiger partial charge in [-0.3, -0.25) is 4.79 Å². The Morgan fingerprint density at radius 2 is 2.03 bits per heavy atom. The molecule has 7 heteroatoms. The van der Waals surface area contributed by atoms with Crippen molar-refractivity contribution >= 4 is 23.4 Å². The molecule has 30 heavy (non-hydrogen) atoms. The number of aryl methyl sites for hydroxylation is 2. The lowest BCUT2D eigenvalue weighted by Crippen LogP contribution is -2.11. The third kappa shape index (κ3) is 4.75. The monoisotopic (exact) mass is 419 g/mol. The van der Waals surface area contributed by atoms with E-state index >= 15 is 0 Å². The van der Waals surface area contributed by atoms with Crippen LogP contribution < -0.4 is 10.1 Å². The molecule has 4 rings (SSSR count). The average molecular weight is 420 g/mol. The number of anilines is 1. The van der Waals surface area contributed by atoms with Crippen molar-refractivity contribution in [1.29, 1.82) is 0 Å². The topological polar surface area (TPSA) is 69.3 Å². The highest BCUT2D eigenvalue weighted by Gasteiger charge is 2.15. The third-order valence-corrected chi connectivity index (χ3v) is 5.44. The molecule has 0 radical (unpaired) electrons. The summed E-state index contributed by atoms with van der Waals surface area (Å²) in [5.74, 6) is 2.49. The molecule has 0 saturated carbocycles. The Morgan fingerprint density at radius 1 is 1.17 bits per heavy atom. The molecule has 6 nitrogen and oxygen atoms in total. The normalized spacial score (nSPS) is 10.7. The molecule has 0 aliphatic heterocycles. The zero-order valence-electron chi connectivity index (χ0n) is 16.7. The van der Waals surface area contributed by atoms with Gasteiger partial charge in [-0.15, -0.1) is 0 Å². The van der Waals surface area contributed by atoms with Crippen molar-refractivity contribution in [3.05, 3.63) is 90.1 Å². The summed E-state index contributed by atoms with van der Waals surface area (Å²) in [6.07, 6.45) is 3.64. The molecule has 0 unspecified atom stereocenters. The first kappa shape index (κ1) is 19.8. The van der Waals surface area contributed by atoms with Gasteiger partial charge in [-0.2, -0.15) is 0 Å². The van der Waals surface area contributed by atoms with E-state index in [1.807, 2.05) is 67.2 Å². The first-order valence-corrected chi connectivity index (χ1v) is 10.4. The maximum Gasteiger partial charge on any atom is 0.291 e. The van der Waals surface area contributed by atoms with Crippen molar-refractivity contribution in [2.45, 2.75) is 17.8 Å². The van der Waals surface area contributed by atoms with Crippen LogP contribution >= 0.6 is 11.8 Å². The van der Waals surface area contributed by atoms with Crippen LogP contribution in [0.15, 0.2) is 82.6 Å². The Bertz CT molecular complexity index is 1170. The number of para-hydroxylation sites is 2. The van der Waals surface area contributed by atoms with E-state index in [4.69, 9.17) is 9.15 Å². The summed E-state index contributed by atoms with van der Waals surface area (Å²) in [5.41, 5.74) is 1.67. The van der Waals surface area contributed by atoms with E-state index < -0.39 is 0 Å². The van der Waals surface area contributed by atoms with E-state index in [1.54, 1.807) is 36.2 Å². The predicted octanol–water partition coefficient (Wildman–Crippen LogP) is 5.66. The summed E-state index contributed by atoms with van der Waals surface area (Å²) in [6.45, 7) is 2.00. The van der Waals surface area contributed by atoms with Gasteiger partial charge in [0.05, 0.1) is 11.4 Å². The highest BCUT2D eigenvalue weighted by atomic mass is 32.2. The summed E-state index contributed by atoms with van der Waals surface area (Å²) < 4.78 is 13.6. The Kier molecular flexibility index (Phi) is 5.90. The lowest BCUT2D eigenvalue weighted by atomic mass is 10.2. The van der Waals surface area contributed by atoms with Crippen LogP contribution in [-0.4, -0.2) is 15.5 Å². The Labute approximate surface area is 178 Å². The molecule has 0 spiro atoms. The molecule has 1 amide bonds. The SMILES string of the molecule is Cc1cccc(Oc2ccccc2NC(=O)c2ccc(CSc3nccn3C)o2)c1. The second kappa shape index (κ2) is 8.92. The third-order valence-electron chi connectivity index (χ3n) is 4.36. The fourth-order valence-corrected chi connectivity index (χ4v) is 3.68. The summed E-state index contributed by atoms with van der Waals surface area (Å²) in [5, 5.41) is 3.76. The van der Waals surface area contributed by atoms with Gasteiger partial charge in [-0.25, -0.2) is 4.98 Å². The minimum Gasteiger partial charge on any atom is -0.455 e. The average Bonchev–Trinajstić information content (AvgIpc) is 3.37. The van der Waals surface area contributed by atoms with E-state index in [2.05, 4.69) is 10.3 Å². The largest absolute Gasteiger partial charge is 0.455 e. The van der Waals surface area contributed by atoms with E-state index in [0.29, 0.717) is 28.7 Å². The molecule has 1 N–H and O–H groups in total. The molecule has 152 valence electrons. The van der Waals surface area contributed by atoms with Crippen LogP contribution in [0.1, 0.15) is 21.9 Å². The first-order valence-electron chi connectivity index (χ1n) is 9.42. The van der Waals surface area contributed by atoms with Crippen molar-refractivity contribution in [1.82, 2.24) is 9.55 Å². The zero-order chi connectivity index (χ0) is 20.9. The number of imidazole rings is 1. The van der Waals surface area contributed by atoms with Gasteiger partial charge in [0.1, 0.15) is 11.5 Å². The molecule has 0 fully saturated rings.